The third kappa shape index (κ3) is 3.63. The topological polar surface area (TPSA) is 50.9 Å². The van der Waals surface area contributed by atoms with Gasteiger partial charge in [-0.2, -0.15) is 0 Å². The summed E-state index contributed by atoms with van der Waals surface area (Å²) < 4.78 is 0. The molecule has 1 aromatic heterocycles. The number of aromatic nitrogens is 1. The van der Waals surface area contributed by atoms with E-state index in [0.29, 0.717) is 12.0 Å². The Morgan fingerprint density at radius 2 is 1.90 bits per heavy atom. The molecule has 1 aliphatic carbocycles. The highest BCUT2D eigenvalue weighted by molar-refractivity contribution is 6.30. The Kier molecular flexibility index (Phi) is 4.86. The maximum Gasteiger partial charge on any atom is 0.126 e. The molecule has 2 atom stereocenters. The van der Waals surface area contributed by atoms with Crippen LogP contribution in [0.15, 0.2) is 42.6 Å². The number of rotatable bonds is 4. The number of nitrogens with one attached hydrogen (secondary N) is 1. The third-order valence-electron chi connectivity index (χ3n) is 3.44. The standard InChI is InChI=1S/C15H16ClN3.ClH/c16-12-4-1-10(2-5-12)8-18-15-6-3-11(9-19-15)13-7-14(13)17;/h1-6,9,13-14H,7-8,17H2,(H,18,19);1H/t13-,14+;/m1./s1. The molecular formula is C15H17Cl2N3. The summed E-state index contributed by atoms with van der Waals surface area (Å²) in [5, 5.41) is 4.05. The number of hydrogen-bond donors (Lipinski definition) is 2. The van der Waals surface area contributed by atoms with E-state index in [1.165, 1.54) is 11.1 Å². The molecule has 0 bridgehead atoms. The monoisotopic (exact) mass is 309 g/mol. The first-order valence-corrected chi connectivity index (χ1v) is 6.80. The van der Waals surface area contributed by atoms with E-state index < -0.39 is 0 Å². The number of nitrogens with two attached hydrogens (primary N) is 1. The van der Waals surface area contributed by atoms with Crippen LogP contribution in [0.1, 0.15) is 23.5 Å². The Morgan fingerprint density at radius 3 is 2.45 bits per heavy atom. The van der Waals surface area contributed by atoms with Crippen LogP contribution in [-0.4, -0.2) is 11.0 Å². The first-order chi connectivity index (χ1) is 9.22. The molecule has 3 rings (SSSR count). The van der Waals surface area contributed by atoms with Gasteiger partial charge in [-0.15, -0.1) is 12.4 Å². The first-order valence-electron chi connectivity index (χ1n) is 6.42. The fourth-order valence-electron chi connectivity index (χ4n) is 2.12. The van der Waals surface area contributed by atoms with Crippen LogP contribution in [0.5, 0.6) is 0 Å². The minimum absolute atomic E-state index is 0. The summed E-state index contributed by atoms with van der Waals surface area (Å²) in [4.78, 5) is 4.41. The lowest BCUT2D eigenvalue weighted by molar-refractivity contribution is 0.978. The molecule has 1 heterocycles. The van der Waals surface area contributed by atoms with Crippen molar-refractivity contribution in [2.75, 3.05) is 5.32 Å². The van der Waals surface area contributed by atoms with E-state index in [1.807, 2.05) is 36.5 Å². The Morgan fingerprint density at radius 1 is 1.20 bits per heavy atom. The molecule has 3 N–H and O–H groups in total. The smallest absolute Gasteiger partial charge is 0.126 e. The number of benzene rings is 1. The predicted molar refractivity (Wildman–Crippen MR) is 85.6 cm³/mol. The van der Waals surface area contributed by atoms with E-state index in [0.717, 1.165) is 23.8 Å². The van der Waals surface area contributed by atoms with Gasteiger partial charge in [0.2, 0.25) is 0 Å². The molecule has 1 saturated carbocycles. The highest BCUT2D eigenvalue weighted by atomic mass is 35.5. The molecule has 1 aliphatic rings. The maximum atomic E-state index is 5.85. The highest BCUT2D eigenvalue weighted by Gasteiger charge is 2.34. The van der Waals surface area contributed by atoms with Crippen molar-refractivity contribution >= 4 is 29.8 Å². The molecule has 20 heavy (non-hydrogen) atoms. The van der Waals surface area contributed by atoms with Gasteiger partial charge in [0.15, 0.2) is 0 Å². The van der Waals surface area contributed by atoms with Crippen LogP contribution in [0.4, 0.5) is 5.82 Å². The van der Waals surface area contributed by atoms with Gasteiger partial charge in [0.1, 0.15) is 5.82 Å². The molecule has 0 spiro atoms. The normalized spacial score (nSPS) is 20.1. The van der Waals surface area contributed by atoms with E-state index in [4.69, 9.17) is 17.3 Å². The van der Waals surface area contributed by atoms with Crippen molar-refractivity contribution in [1.29, 1.82) is 0 Å². The minimum atomic E-state index is 0. The molecule has 1 fully saturated rings. The van der Waals surface area contributed by atoms with Crippen LogP contribution in [0.2, 0.25) is 5.02 Å². The molecule has 1 aromatic carbocycles. The van der Waals surface area contributed by atoms with Crippen LogP contribution >= 0.6 is 24.0 Å². The van der Waals surface area contributed by atoms with Crippen LogP contribution < -0.4 is 11.1 Å². The second kappa shape index (κ2) is 6.44. The number of pyridine rings is 1. The molecule has 3 nitrogen and oxygen atoms in total. The van der Waals surface area contributed by atoms with Gasteiger partial charge in [-0.05, 0) is 35.7 Å². The average molecular weight is 310 g/mol. The van der Waals surface area contributed by atoms with E-state index in [2.05, 4.69) is 16.4 Å². The second-order valence-electron chi connectivity index (χ2n) is 4.96. The molecule has 0 amide bonds. The van der Waals surface area contributed by atoms with Crippen LogP contribution in [-0.2, 0) is 6.54 Å². The van der Waals surface area contributed by atoms with Crippen molar-refractivity contribution in [2.45, 2.75) is 24.9 Å². The lowest BCUT2D eigenvalue weighted by Crippen LogP contribution is -2.03. The van der Waals surface area contributed by atoms with E-state index in [9.17, 15) is 0 Å². The molecule has 5 heteroatoms. The molecule has 106 valence electrons. The van der Waals surface area contributed by atoms with Gasteiger partial charge in [-0.25, -0.2) is 4.98 Å². The zero-order chi connectivity index (χ0) is 13.2. The van der Waals surface area contributed by atoms with Crippen molar-refractivity contribution in [3.63, 3.8) is 0 Å². The Bertz CT molecular complexity index is 554. The van der Waals surface area contributed by atoms with Gasteiger partial charge >= 0.3 is 0 Å². The second-order valence-corrected chi connectivity index (χ2v) is 5.40. The van der Waals surface area contributed by atoms with Gasteiger partial charge in [-0.1, -0.05) is 29.8 Å². The SMILES string of the molecule is Cl.N[C@H]1C[C@@H]1c1ccc(NCc2ccc(Cl)cc2)nc1. The summed E-state index contributed by atoms with van der Waals surface area (Å²) in [5.41, 5.74) is 8.25. The van der Waals surface area contributed by atoms with E-state index in [-0.39, 0.29) is 12.4 Å². The van der Waals surface area contributed by atoms with Crippen molar-refractivity contribution < 1.29 is 0 Å². The van der Waals surface area contributed by atoms with Crippen molar-refractivity contribution in [3.8, 4) is 0 Å². The fraction of sp³-hybridized carbons (Fsp3) is 0.267. The van der Waals surface area contributed by atoms with Crippen LogP contribution in [0.25, 0.3) is 0 Å². The van der Waals surface area contributed by atoms with Gasteiger partial charge < -0.3 is 11.1 Å². The van der Waals surface area contributed by atoms with Gasteiger partial charge in [0.25, 0.3) is 0 Å². The summed E-state index contributed by atoms with van der Waals surface area (Å²) in [6, 6.07) is 12.2. The molecule has 2 aromatic rings. The van der Waals surface area contributed by atoms with Crippen molar-refractivity contribution in [1.82, 2.24) is 4.98 Å². The largest absolute Gasteiger partial charge is 0.366 e. The number of anilines is 1. The fourth-order valence-corrected chi connectivity index (χ4v) is 2.25. The summed E-state index contributed by atoms with van der Waals surface area (Å²) in [5.74, 6) is 1.39. The summed E-state index contributed by atoms with van der Waals surface area (Å²) >= 11 is 5.85. The Labute approximate surface area is 130 Å². The van der Waals surface area contributed by atoms with Crippen molar-refractivity contribution in [2.24, 2.45) is 5.73 Å². The molecular weight excluding hydrogens is 293 g/mol. The molecule has 0 unspecified atom stereocenters. The summed E-state index contributed by atoms with van der Waals surface area (Å²) in [7, 11) is 0. The molecule has 0 saturated heterocycles. The minimum Gasteiger partial charge on any atom is -0.366 e. The number of nitrogens with zero attached hydrogens (tertiary/aromatic N) is 1. The van der Waals surface area contributed by atoms with E-state index >= 15 is 0 Å². The Balaban J connectivity index is 0.00000147. The van der Waals surface area contributed by atoms with Crippen LogP contribution in [0.3, 0.4) is 0 Å². The maximum absolute atomic E-state index is 5.85. The number of hydrogen-bond acceptors (Lipinski definition) is 3. The summed E-state index contributed by atoms with van der Waals surface area (Å²) in [6.45, 7) is 0.743. The number of halogens is 2. The van der Waals surface area contributed by atoms with Gasteiger partial charge in [0, 0.05) is 29.7 Å². The lowest BCUT2D eigenvalue weighted by atomic mass is 10.2. The first kappa shape index (κ1) is 15.1. The quantitative estimate of drug-likeness (QED) is 0.907. The lowest BCUT2D eigenvalue weighted by Gasteiger charge is -2.06. The highest BCUT2D eigenvalue weighted by Crippen LogP contribution is 2.38. The van der Waals surface area contributed by atoms with Gasteiger partial charge in [0.05, 0.1) is 0 Å². The van der Waals surface area contributed by atoms with Gasteiger partial charge in [-0.3, -0.25) is 0 Å². The molecule has 0 aliphatic heterocycles. The Hall–Kier alpha value is -1.29. The average Bonchev–Trinajstić information content (AvgIpc) is 3.16. The zero-order valence-electron chi connectivity index (χ0n) is 10.9. The van der Waals surface area contributed by atoms with E-state index in [1.54, 1.807) is 0 Å². The predicted octanol–water partition coefficient (Wildman–Crippen LogP) is 3.58. The summed E-state index contributed by atoms with van der Waals surface area (Å²) in [6.07, 6.45) is 3.00. The molecule has 0 radical (unpaired) electrons. The zero-order valence-corrected chi connectivity index (χ0v) is 12.5. The third-order valence-corrected chi connectivity index (χ3v) is 3.69. The van der Waals surface area contributed by atoms with Crippen molar-refractivity contribution in [3.05, 3.63) is 58.7 Å². The van der Waals surface area contributed by atoms with Crippen LogP contribution in [0, 0.1) is 0 Å².